The monoisotopic (exact) mass is 476 g/mol. The van der Waals surface area contributed by atoms with E-state index >= 15 is 0 Å². The van der Waals surface area contributed by atoms with Gasteiger partial charge in [-0.25, -0.2) is 13.8 Å². The smallest absolute Gasteiger partial charge is 0.417 e. The molecule has 0 amide bonds. The maximum atomic E-state index is 14.2. The molecule has 10 heteroatoms. The lowest BCUT2D eigenvalue weighted by molar-refractivity contribution is -0.137. The van der Waals surface area contributed by atoms with Crippen molar-refractivity contribution < 1.29 is 36.3 Å². The van der Waals surface area contributed by atoms with Gasteiger partial charge in [-0.05, 0) is 47.5 Å². The van der Waals surface area contributed by atoms with Gasteiger partial charge in [-0.3, -0.25) is 4.79 Å². The molecule has 0 unspecified atom stereocenters. The Bertz CT molecular complexity index is 1360. The fourth-order valence-corrected chi connectivity index (χ4v) is 3.49. The van der Waals surface area contributed by atoms with Crippen LogP contribution in [0.25, 0.3) is 33.7 Å². The van der Waals surface area contributed by atoms with Crippen molar-refractivity contribution in [3.8, 4) is 22.6 Å². The van der Waals surface area contributed by atoms with Crippen LogP contribution in [0.3, 0.4) is 0 Å². The number of fused-ring (bicyclic) bond motifs is 1. The van der Waals surface area contributed by atoms with Crippen molar-refractivity contribution >= 4 is 17.1 Å². The first-order valence-electron chi connectivity index (χ1n) is 10.1. The van der Waals surface area contributed by atoms with Gasteiger partial charge >= 0.3 is 12.1 Å². The van der Waals surface area contributed by atoms with Gasteiger partial charge < -0.3 is 14.8 Å². The second-order valence-electron chi connectivity index (χ2n) is 7.52. The summed E-state index contributed by atoms with van der Waals surface area (Å²) in [5.74, 6) is -2.97. The number of carboxylic acids is 1. The van der Waals surface area contributed by atoms with Crippen LogP contribution in [0, 0.1) is 11.6 Å². The highest BCUT2D eigenvalue weighted by atomic mass is 19.4. The number of aromatic nitrogens is 1. The van der Waals surface area contributed by atoms with Crippen LogP contribution in [0.4, 0.5) is 22.0 Å². The van der Waals surface area contributed by atoms with Gasteiger partial charge in [-0.2, -0.15) is 13.2 Å². The Kier molecular flexibility index (Phi) is 6.34. The molecule has 0 aliphatic rings. The zero-order valence-electron chi connectivity index (χ0n) is 17.4. The summed E-state index contributed by atoms with van der Waals surface area (Å²) in [6.07, 6.45) is -4.84. The molecule has 0 saturated carbocycles. The van der Waals surface area contributed by atoms with Gasteiger partial charge in [-0.1, -0.05) is 12.1 Å². The average Bonchev–Trinajstić information content (AvgIpc) is 3.19. The average molecular weight is 476 g/mol. The molecule has 0 radical (unpaired) electrons. The van der Waals surface area contributed by atoms with Crippen molar-refractivity contribution in [3.63, 3.8) is 0 Å². The van der Waals surface area contributed by atoms with Crippen molar-refractivity contribution in [1.82, 2.24) is 10.3 Å². The molecule has 4 aromatic rings. The zero-order valence-corrected chi connectivity index (χ0v) is 17.4. The summed E-state index contributed by atoms with van der Waals surface area (Å²) in [4.78, 5) is 14.8. The van der Waals surface area contributed by atoms with E-state index < -0.39 is 34.9 Å². The maximum absolute atomic E-state index is 14.2. The van der Waals surface area contributed by atoms with Gasteiger partial charge in [0, 0.05) is 30.3 Å². The lowest BCUT2D eigenvalue weighted by atomic mass is 9.96. The van der Waals surface area contributed by atoms with Crippen LogP contribution in [0.1, 0.15) is 17.5 Å². The van der Waals surface area contributed by atoms with Crippen LogP contribution in [0.15, 0.2) is 59.0 Å². The largest absolute Gasteiger partial charge is 0.481 e. The molecule has 1 heterocycles. The molecule has 176 valence electrons. The Morgan fingerprint density at radius 3 is 2.47 bits per heavy atom. The summed E-state index contributed by atoms with van der Waals surface area (Å²) in [6, 6.07) is 10.6. The minimum Gasteiger partial charge on any atom is -0.481 e. The van der Waals surface area contributed by atoms with E-state index in [0.717, 1.165) is 29.8 Å². The van der Waals surface area contributed by atoms with Crippen LogP contribution in [0.2, 0.25) is 0 Å². The van der Waals surface area contributed by atoms with Gasteiger partial charge in [0.05, 0.1) is 12.0 Å². The standard InChI is InChI=1S/C24H17F5N2O3/c25-15-3-5-17(19(26)11-15)16-4-2-14(10-18(16)24(27,28)29)23-31-20-9-13(1-6-21(20)34-23)12-30-8-7-22(32)33/h1-6,9-11,30H,7-8,12H2,(H,32,33). The SMILES string of the molecule is O=C(O)CCNCc1ccc2oc(-c3ccc(-c4ccc(F)cc4F)c(C(F)(F)F)c3)nc2c1. The van der Waals surface area contributed by atoms with E-state index in [4.69, 9.17) is 9.52 Å². The van der Waals surface area contributed by atoms with Crippen LogP contribution >= 0.6 is 0 Å². The summed E-state index contributed by atoms with van der Waals surface area (Å²) in [5.41, 5.74) is -0.327. The highest BCUT2D eigenvalue weighted by molar-refractivity contribution is 5.78. The third kappa shape index (κ3) is 5.07. The first-order valence-corrected chi connectivity index (χ1v) is 10.1. The number of hydrogen-bond acceptors (Lipinski definition) is 4. The fraction of sp³-hybridized carbons (Fsp3) is 0.167. The number of oxazole rings is 1. The number of alkyl halides is 3. The highest BCUT2D eigenvalue weighted by Gasteiger charge is 2.35. The number of rotatable bonds is 7. The van der Waals surface area contributed by atoms with Crippen LogP contribution in [-0.4, -0.2) is 22.6 Å². The first-order chi connectivity index (χ1) is 16.1. The molecule has 34 heavy (non-hydrogen) atoms. The van der Waals surface area contributed by atoms with E-state index in [-0.39, 0.29) is 30.0 Å². The maximum Gasteiger partial charge on any atom is 0.417 e. The van der Waals surface area contributed by atoms with Gasteiger partial charge in [0.1, 0.15) is 17.2 Å². The Balaban J connectivity index is 1.67. The zero-order chi connectivity index (χ0) is 24.5. The van der Waals surface area contributed by atoms with Crippen LogP contribution in [-0.2, 0) is 17.5 Å². The van der Waals surface area contributed by atoms with Crippen molar-refractivity contribution in [3.05, 3.63) is 77.4 Å². The molecule has 0 aliphatic carbocycles. The van der Waals surface area contributed by atoms with Crippen molar-refractivity contribution in [2.24, 2.45) is 0 Å². The number of nitrogens with one attached hydrogen (secondary N) is 1. The molecule has 4 rings (SSSR count). The van der Waals surface area contributed by atoms with Gasteiger partial charge in [0.25, 0.3) is 0 Å². The Hall–Kier alpha value is -3.79. The van der Waals surface area contributed by atoms with Gasteiger partial charge in [0.2, 0.25) is 5.89 Å². The van der Waals surface area contributed by atoms with Crippen molar-refractivity contribution in [1.29, 1.82) is 0 Å². The molecule has 0 fully saturated rings. The van der Waals surface area contributed by atoms with E-state index in [9.17, 15) is 26.7 Å². The summed E-state index contributed by atoms with van der Waals surface area (Å²) < 4.78 is 74.4. The summed E-state index contributed by atoms with van der Waals surface area (Å²) >= 11 is 0. The molecule has 0 spiro atoms. The molecular formula is C24H17F5N2O3. The quantitative estimate of drug-likeness (QED) is 0.252. The predicted molar refractivity (Wildman–Crippen MR) is 114 cm³/mol. The number of carbonyl (C=O) groups is 1. The number of aliphatic carboxylic acids is 1. The number of benzene rings is 3. The molecule has 1 aromatic heterocycles. The number of halogens is 5. The summed E-state index contributed by atoms with van der Waals surface area (Å²) in [6.45, 7) is 0.653. The summed E-state index contributed by atoms with van der Waals surface area (Å²) in [5, 5.41) is 11.6. The predicted octanol–water partition coefficient (Wildman–Crippen LogP) is 6.02. The number of hydrogen-bond donors (Lipinski definition) is 2. The van der Waals surface area contributed by atoms with Crippen LogP contribution < -0.4 is 5.32 Å². The lowest BCUT2D eigenvalue weighted by Crippen LogP contribution is -2.17. The second-order valence-corrected chi connectivity index (χ2v) is 7.52. The van der Waals surface area contributed by atoms with E-state index in [1.165, 1.54) is 6.07 Å². The highest BCUT2D eigenvalue weighted by Crippen LogP contribution is 2.40. The molecule has 0 saturated heterocycles. The molecule has 0 atom stereocenters. The lowest BCUT2D eigenvalue weighted by Gasteiger charge is -2.14. The molecular weight excluding hydrogens is 459 g/mol. The Morgan fingerprint density at radius 1 is 1.00 bits per heavy atom. The second kappa shape index (κ2) is 9.22. The summed E-state index contributed by atoms with van der Waals surface area (Å²) in [7, 11) is 0. The Morgan fingerprint density at radius 2 is 1.76 bits per heavy atom. The third-order valence-electron chi connectivity index (χ3n) is 5.09. The van der Waals surface area contributed by atoms with Gasteiger partial charge in [-0.15, -0.1) is 0 Å². The van der Waals surface area contributed by atoms with E-state index in [2.05, 4.69) is 10.3 Å². The van der Waals surface area contributed by atoms with Crippen LogP contribution in [0.5, 0.6) is 0 Å². The van der Waals surface area contributed by atoms with Gasteiger partial charge in [0.15, 0.2) is 5.58 Å². The topological polar surface area (TPSA) is 75.4 Å². The molecule has 2 N–H and O–H groups in total. The molecule has 3 aromatic carbocycles. The third-order valence-corrected chi connectivity index (χ3v) is 5.09. The first kappa shape index (κ1) is 23.4. The fourth-order valence-electron chi connectivity index (χ4n) is 3.49. The van der Waals surface area contributed by atoms with E-state index in [1.54, 1.807) is 18.2 Å². The number of nitrogens with zero attached hydrogens (tertiary/aromatic N) is 1. The minimum atomic E-state index is -4.81. The van der Waals surface area contributed by atoms with Crippen molar-refractivity contribution in [2.75, 3.05) is 6.54 Å². The van der Waals surface area contributed by atoms with Crippen molar-refractivity contribution in [2.45, 2.75) is 19.1 Å². The molecule has 5 nitrogen and oxygen atoms in total. The van der Waals surface area contributed by atoms with E-state index in [1.807, 2.05) is 0 Å². The Labute approximate surface area is 189 Å². The normalized spacial score (nSPS) is 11.8. The number of carboxylic acid groups (broad SMARTS) is 1. The molecule has 0 bridgehead atoms. The molecule has 0 aliphatic heterocycles. The minimum absolute atomic E-state index is 0.0320. The van der Waals surface area contributed by atoms with E-state index in [0.29, 0.717) is 23.7 Å².